The highest BCUT2D eigenvalue weighted by Crippen LogP contribution is 2.34. The van der Waals surface area contributed by atoms with Crippen LogP contribution in [0.25, 0.3) is 6.08 Å². The molecule has 0 radical (unpaired) electrons. The van der Waals surface area contributed by atoms with E-state index in [9.17, 15) is 23.2 Å². The summed E-state index contributed by atoms with van der Waals surface area (Å²) in [7, 11) is 0. The van der Waals surface area contributed by atoms with Crippen LogP contribution in [0.5, 0.6) is 11.5 Å². The van der Waals surface area contributed by atoms with Gasteiger partial charge < -0.3 is 10.1 Å². The fraction of sp³-hybridized carbons (Fsp3) is 0.0435. The Balaban J connectivity index is 1.82. The molecule has 1 N–H and O–H groups in total. The van der Waals surface area contributed by atoms with Gasteiger partial charge in [-0.25, -0.2) is 0 Å². The van der Waals surface area contributed by atoms with E-state index in [-0.39, 0.29) is 16.3 Å². The Kier molecular flexibility index (Phi) is 6.63. The van der Waals surface area contributed by atoms with Crippen molar-refractivity contribution in [3.8, 4) is 17.6 Å². The molecule has 0 fully saturated rings. The molecule has 0 aliphatic heterocycles. The second kappa shape index (κ2) is 9.37. The van der Waals surface area contributed by atoms with E-state index in [1.54, 1.807) is 42.5 Å². The Morgan fingerprint density at radius 2 is 1.71 bits per heavy atom. The van der Waals surface area contributed by atoms with E-state index >= 15 is 0 Å². The van der Waals surface area contributed by atoms with Crippen LogP contribution in [0.15, 0.2) is 78.4 Å². The number of anilines is 1. The number of amides is 1. The maximum atomic E-state index is 12.9. The third-order valence-electron chi connectivity index (χ3n) is 4.05. The molecule has 0 aliphatic carbocycles. The first-order chi connectivity index (χ1) is 14.8. The zero-order valence-electron chi connectivity index (χ0n) is 15.8. The average molecular weight is 443 g/mol. The molecular formula is C23H14ClF3N2O2. The third-order valence-corrected chi connectivity index (χ3v) is 4.38. The second-order valence-corrected chi connectivity index (χ2v) is 6.71. The summed E-state index contributed by atoms with van der Waals surface area (Å²) in [5.74, 6) is 0.206. The first-order valence-electron chi connectivity index (χ1n) is 8.89. The molecule has 1 amide bonds. The van der Waals surface area contributed by atoms with Crippen molar-refractivity contribution in [1.29, 1.82) is 5.26 Å². The second-order valence-electron chi connectivity index (χ2n) is 6.30. The average Bonchev–Trinajstić information content (AvgIpc) is 2.73. The number of carbonyl (C=O) groups is 1. The molecule has 4 nitrogen and oxygen atoms in total. The summed E-state index contributed by atoms with van der Waals surface area (Å²) in [4.78, 5) is 12.5. The Morgan fingerprint density at radius 3 is 2.39 bits per heavy atom. The molecule has 0 aliphatic rings. The first-order valence-corrected chi connectivity index (χ1v) is 9.27. The minimum Gasteiger partial charge on any atom is -0.457 e. The van der Waals surface area contributed by atoms with Crippen LogP contribution in [0, 0.1) is 11.3 Å². The quantitative estimate of drug-likeness (QED) is 0.353. The van der Waals surface area contributed by atoms with Crippen LogP contribution in [-0.4, -0.2) is 5.91 Å². The minimum atomic E-state index is -4.60. The van der Waals surface area contributed by atoms with Gasteiger partial charge >= 0.3 is 6.18 Å². The van der Waals surface area contributed by atoms with E-state index < -0.39 is 17.6 Å². The molecule has 3 aromatic rings. The highest BCUT2D eigenvalue weighted by atomic mass is 35.5. The topological polar surface area (TPSA) is 62.1 Å². The zero-order chi connectivity index (χ0) is 22.4. The SMILES string of the molecule is N#C/C(=C\c1cccc(Oc2ccccc2)c1)C(=O)Nc1cc(C(F)(F)F)ccc1Cl. The van der Waals surface area contributed by atoms with E-state index in [2.05, 4.69) is 5.32 Å². The standard InChI is InChI=1S/C23H14ClF3N2O2/c24-20-10-9-17(23(25,26)27)13-21(20)29-22(30)16(14-28)11-15-5-4-8-19(12-15)31-18-6-2-1-3-7-18/h1-13H,(H,29,30)/b16-11+. The molecule has 31 heavy (non-hydrogen) atoms. The molecule has 0 atom stereocenters. The van der Waals surface area contributed by atoms with Crippen molar-refractivity contribution in [2.45, 2.75) is 6.18 Å². The van der Waals surface area contributed by atoms with Gasteiger partial charge in [0.2, 0.25) is 0 Å². The van der Waals surface area contributed by atoms with E-state index in [0.29, 0.717) is 23.1 Å². The Hall–Kier alpha value is -3.76. The van der Waals surface area contributed by atoms with Crippen LogP contribution >= 0.6 is 11.6 Å². The number of para-hydroxylation sites is 1. The van der Waals surface area contributed by atoms with Gasteiger partial charge in [-0.2, -0.15) is 18.4 Å². The van der Waals surface area contributed by atoms with Crippen LogP contribution < -0.4 is 10.1 Å². The highest BCUT2D eigenvalue weighted by Gasteiger charge is 2.31. The van der Waals surface area contributed by atoms with Crippen LogP contribution in [0.4, 0.5) is 18.9 Å². The summed E-state index contributed by atoms with van der Waals surface area (Å²) < 4.78 is 44.5. The molecule has 0 saturated heterocycles. The Labute approximate surface area is 181 Å². The Morgan fingerprint density at radius 1 is 1.00 bits per heavy atom. The number of carbonyl (C=O) groups excluding carboxylic acids is 1. The predicted octanol–water partition coefficient (Wildman–Crippen LogP) is 6.70. The van der Waals surface area contributed by atoms with Gasteiger partial charge in [-0.3, -0.25) is 4.79 Å². The number of hydrogen-bond donors (Lipinski definition) is 1. The monoisotopic (exact) mass is 442 g/mol. The number of nitrogens with one attached hydrogen (secondary N) is 1. The number of nitrogens with zero attached hydrogens (tertiary/aromatic N) is 1. The van der Waals surface area contributed by atoms with Gasteiger partial charge in [0.1, 0.15) is 23.1 Å². The lowest BCUT2D eigenvalue weighted by Gasteiger charge is -2.11. The molecule has 0 heterocycles. The molecule has 156 valence electrons. The van der Waals surface area contributed by atoms with E-state index in [1.165, 1.54) is 6.08 Å². The summed E-state index contributed by atoms with van der Waals surface area (Å²) in [5.41, 5.74) is -1.04. The molecule has 0 spiro atoms. The number of hydrogen-bond acceptors (Lipinski definition) is 3. The smallest absolute Gasteiger partial charge is 0.416 e. The lowest BCUT2D eigenvalue weighted by atomic mass is 10.1. The van der Waals surface area contributed by atoms with Gasteiger partial charge in [-0.15, -0.1) is 0 Å². The fourth-order valence-corrected chi connectivity index (χ4v) is 2.76. The van der Waals surface area contributed by atoms with Crippen molar-refractivity contribution in [2.75, 3.05) is 5.32 Å². The number of benzene rings is 3. The van der Waals surface area contributed by atoms with Crippen LogP contribution in [-0.2, 0) is 11.0 Å². The van der Waals surface area contributed by atoms with Crippen molar-refractivity contribution in [3.05, 3.63) is 94.5 Å². The number of nitriles is 1. The summed E-state index contributed by atoms with van der Waals surface area (Å²) in [6.07, 6.45) is -3.30. The van der Waals surface area contributed by atoms with Gasteiger partial charge in [-0.05, 0) is 54.1 Å². The van der Waals surface area contributed by atoms with Gasteiger partial charge in [0.25, 0.3) is 5.91 Å². The van der Waals surface area contributed by atoms with E-state index in [1.807, 2.05) is 18.2 Å². The number of alkyl halides is 3. The molecular weight excluding hydrogens is 429 g/mol. The van der Waals surface area contributed by atoms with Crippen LogP contribution in [0.1, 0.15) is 11.1 Å². The van der Waals surface area contributed by atoms with Crippen molar-refractivity contribution in [1.82, 2.24) is 0 Å². The number of rotatable bonds is 5. The highest BCUT2D eigenvalue weighted by molar-refractivity contribution is 6.34. The Bertz CT molecular complexity index is 1170. The molecule has 3 aromatic carbocycles. The van der Waals surface area contributed by atoms with Crippen LogP contribution in [0.2, 0.25) is 5.02 Å². The normalized spacial score (nSPS) is 11.5. The van der Waals surface area contributed by atoms with Crippen LogP contribution in [0.3, 0.4) is 0 Å². The molecule has 0 aromatic heterocycles. The molecule has 8 heteroatoms. The zero-order valence-corrected chi connectivity index (χ0v) is 16.5. The van der Waals surface area contributed by atoms with Gasteiger partial charge in [0.15, 0.2) is 0 Å². The predicted molar refractivity (Wildman–Crippen MR) is 112 cm³/mol. The molecule has 0 bridgehead atoms. The van der Waals surface area contributed by atoms with Crippen molar-refractivity contribution < 1.29 is 22.7 Å². The summed E-state index contributed by atoms with van der Waals surface area (Å²) in [6.45, 7) is 0. The summed E-state index contributed by atoms with van der Waals surface area (Å²) >= 11 is 5.90. The van der Waals surface area contributed by atoms with Gasteiger partial charge in [0, 0.05) is 0 Å². The lowest BCUT2D eigenvalue weighted by Crippen LogP contribution is -2.15. The van der Waals surface area contributed by atoms with E-state index in [4.69, 9.17) is 16.3 Å². The fourth-order valence-electron chi connectivity index (χ4n) is 2.59. The summed E-state index contributed by atoms with van der Waals surface area (Å²) in [6, 6.07) is 20.0. The lowest BCUT2D eigenvalue weighted by molar-refractivity contribution is -0.137. The van der Waals surface area contributed by atoms with Gasteiger partial charge in [0.05, 0.1) is 16.3 Å². The van der Waals surface area contributed by atoms with E-state index in [0.717, 1.165) is 12.1 Å². The maximum Gasteiger partial charge on any atom is 0.416 e. The molecule has 0 unspecified atom stereocenters. The van der Waals surface area contributed by atoms with Crippen molar-refractivity contribution >= 4 is 29.3 Å². The largest absolute Gasteiger partial charge is 0.457 e. The number of halogens is 4. The summed E-state index contributed by atoms with van der Waals surface area (Å²) in [5, 5.41) is 11.5. The third kappa shape index (κ3) is 5.87. The molecule has 3 rings (SSSR count). The van der Waals surface area contributed by atoms with Crippen molar-refractivity contribution in [3.63, 3.8) is 0 Å². The van der Waals surface area contributed by atoms with Crippen molar-refractivity contribution in [2.24, 2.45) is 0 Å². The first kappa shape index (κ1) is 21.9. The number of ether oxygens (including phenoxy) is 1. The minimum absolute atomic E-state index is 0.0862. The maximum absolute atomic E-state index is 12.9. The van der Waals surface area contributed by atoms with Gasteiger partial charge in [-0.1, -0.05) is 41.9 Å². The molecule has 0 saturated carbocycles.